The fraction of sp³-hybridized carbons (Fsp3) is 0.160. The van der Waals surface area contributed by atoms with Crippen molar-refractivity contribution < 1.29 is 9.53 Å². The summed E-state index contributed by atoms with van der Waals surface area (Å²) in [7, 11) is 0. The first-order chi connectivity index (χ1) is 13.8. The van der Waals surface area contributed by atoms with Crippen LogP contribution in [0, 0.1) is 0 Å². The monoisotopic (exact) mass is 367 g/mol. The number of hydrogen-bond donors (Lipinski definition) is 0. The first-order valence-electron chi connectivity index (χ1n) is 9.81. The average molecular weight is 367 g/mol. The zero-order chi connectivity index (χ0) is 18.9. The molecule has 4 aromatic rings. The Bertz CT molecular complexity index is 1160. The van der Waals surface area contributed by atoms with Crippen LogP contribution in [0.4, 0.5) is 0 Å². The predicted molar refractivity (Wildman–Crippen MR) is 111 cm³/mol. The van der Waals surface area contributed by atoms with Crippen LogP contribution in [0.15, 0.2) is 78.9 Å². The lowest BCUT2D eigenvalue weighted by molar-refractivity contribution is 0.0959. The zero-order valence-corrected chi connectivity index (χ0v) is 15.6. The normalized spacial score (nSPS) is 13.3. The molecule has 0 radical (unpaired) electrons. The van der Waals surface area contributed by atoms with Gasteiger partial charge in [-0.1, -0.05) is 48.5 Å². The van der Waals surface area contributed by atoms with E-state index in [1.165, 1.54) is 17.4 Å². The predicted octanol–water partition coefficient (Wildman–Crippen LogP) is 6.00. The zero-order valence-electron chi connectivity index (χ0n) is 15.6. The summed E-state index contributed by atoms with van der Waals surface area (Å²) in [4.78, 5) is 13.7. The lowest BCUT2D eigenvalue weighted by Crippen LogP contribution is -2.17. The van der Waals surface area contributed by atoms with Crippen molar-refractivity contribution in [3.63, 3.8) is 0 Å². The Kier molecular flexibility index (Phi) is 4.21. The van der Waals surface area contributed by atoms with Crippen molar-refractivity contribution in [2.75, 3.05) is 0 Å². The molecular weight excluding hydrogens is 346 g/mol. The second kappa shape index (κ2) is 7.01. The Morgan fingerprint density at radius 2 is 1.50 bits per heavy atom. The van der Waals surface area contributed by atoms with Crippen LogP contribution in [0.3, 0.4) is 0 Å². The number of ether oxygens (including phenoxy) is 1. The number of carbonyl (C=O) groups excluding carboxylic acids is 1. The number of benzene rings is 3. The van der Waals surface area contributed by atoms with E-state index in [1.54, 1.807) is 0 Å². The average Bonchev–Trinajstić information content (AvgIpc) is 3.09. The molecule has 0 bridgehead atoms. The standard InChI is InChI=1S/C25H21NO2/c27-25(21-14-6-9-17-24(21)28-18-10-2-1-3-11-18)26-22-15-7-4-12-19(22)20-13-5-8-16-23(20)26/h1-4,6-7,9-12,14-15,17H,5,8,13,16H2. The van der Waals surface area contributed by atoms with Crippen LogP contribution < -0.4 is 4.74 Å². The third-order valence-corrected chi connectivity index (χ3v) is 5.47. The third kappa shape index (κ3) is 2.80. The van der Waals surface area contributed by atoms with Crippen LogP contribution in [0.5, 0.6) is 11.5 Å². The second-order valence-corrected chi connectivity index (χ2v) is 7.20. The van der Waals surface area contributed by atoms with Crippen LogP contribution in [0.1, 0.15) is 34.5 Å². The van der Waals surface area contributed by atoms with E-state index in [0.29, 0.717) is 11.3 Å². The van der Waals surface area contributed by atoms with Gasteiger partial charge in [0.05, 0.1) is 11.1 Å². The van der Waals surface area contributed by atoms with Crippen molar-refractivity contribution >= 4 is 16.8 Å². The third-order valence-electron chi connectivity index (χ3n) is 5.47. The minimum atomic E-state index is -0.0223. The fourth-order valence-electron chi connectivity index (χ4n) is 4.20. The van der Waals surface area contributed by atoms with Crippen molar-refractivity contribution in [3.05, 3.63) is 95.7 Å². The molecule has 3 aromatic carbocycles. The Balaban J connectivity index is 1.64. The maximum absolute atomic E-state index is 13.7. The molecule has 0 spiro atoms. The first kappa shape index (κ1) is 16.8. The molecule has 0 N–H and O–H groups in total. The molecule has 3 heteroatoms. The number of aryl methyl sites for hydroxylation is 1. The number of rotatable bonds is 3. The highest BCUT2D eigenvalue weighted by Gasteiger charge is 2.25. The summed E-state index contributed by atoms with van der Waals surface area (Å²) in [6.45, 7) is 0. The van der Waals surface area contributed by atoms with Crippen LogP contribution in [-0.4, -0.2) is 10.5 Å². The van der Waals surface area contributed by atoms with Gasteiger partial charge >= 0.3 is 0 Å². The van der Waals surface area contributed by atoms with E-state index in [-0.39, 0.29) is 5.91 Å². The lowest BCUT2D eigenvalue weighted by Gasteiger charge is -2.16. The molecule has 0 unspecified atom stereocenters. The lowest BCUT2D eigenvalue weighted by atomic mass is 9.95. The summed E-state index contributed by atoms with van der Waals surface area (Å²) in [5.74, 6) is 1.29. The molecule has 138 valence electrons. The first-order valence-corrected chi connectivity index (χ1v) is 9.81. The van der Waals surface area contributed by atoms with Gasteiger partial charge in [0.15, 0.2) is 0 Å². The Morgan fingerprint density at radius 3 is 2.39 bits per heavy atom. The summed E-state index contributed by atoms with van der Waals surface area (Å²) < 4.78 is 7.96. The molecule has 1 heterocycles. The molecule has 0 amide bonds. The molecule has 1 aromatic heterocycles. The van der Waals surface area contributed by atoms with E-state index in [9.17, 15) is 4.79 Å². The van der Waals surface area contributed by atoms with Crippen LogP contribution in [0.25, 0.3) is 10.9 Å². The van der Waals surface area contributed by atoms with E-state index in [2.05, 4.69) is 12.1 Å². The number of nitrogens with zero attached hydrogens (tertiary/aromatic N) is 1. The summed E-state index contributed by atoms with van der Waals surface area (Å²) in [6, 6.07) is 25.3. The Hall–Kier alpha value is -3.33. The topological polar surface area (TPSA) is 31.2 Å². The Labute approximate surface area is 164 Å². The van der Waals surface area contributed by atoms with Crippen molar-refractivity contribution in [2.45, 2.75) is 25.7 Å². The number of hydrogen-bond acceptors (Lipinski definition) is 2. The van der Waals surface area contributed by atoms with Gasteiger partial charge in [-0.2, -0.15) is 0 Å². The molecule has 0 saturated carbocycles. The van der Waals surface area contributed by atoms with Crippen molar-refractivity contribution in [2.24, 2.45) is 0 Å². The molecule has 28 heavy (non-hydrogen) atoms. The Morgan fingerprint density at radius 1 is 0.786 bits per heavy atom. The van der Waals surface area contributed by atoms with E-state index in [1.807, 2.05) is 71.3 Å². The van der Waals surface area contributed by atoms with Gasteiger partial charge in [0.2, 0.25) is 0 Å². The van der Waals surface area contributed by atoms with Crippen LogP contribution in [-0.2, 0) is 12.8 Å². The molecule has 0 aliphatic heterocycles. The maximum Gasteiger partial charge on any atom is 0.266 e. The summed E-state index contributed by atoms with van der Waals surface area (Å²) >= 11 is 0. The van der Waals surface area contributed by atoms with Gasteiger partial charge in [-0.15, -0.1) is 0 Å². The molecule has 0 fully saturated rings. The molecule has 3 nitrogen and oxygen atoms in total. The van der Waals surface area contributed by atoms with Gasteiger partial charge in [-0.3, -0.25) is 9.36 Å². The van der Waals surface area contributed by atoms with E-state index < -0.39 is 0 Å². The van der Waals surface area contributed by atoms with E-state index >= 15 is 0 Å². The highest BCUT2D eigenvalue weighted by Crippen LogP contribution is 2.34. The van der Waals surface area contributed by atoms with Gasteiger partial charge in [0.1, 0.15) is 11.5 Å². The van der Waals surface area contributed by atoms with Gasteiger partial charge in [-0.25, -0.2) is 0 Å². The molecule has 5 rings (SSSR count). The van der Waals surface area contributed by atoms with Gasteiger partial charge in [0.25, 0.3) is 5.91 Å². The molecular formula is C25H21NO2. The summed E-state index contributed by atoms with van der Waals surface area (Å²) in [6.07, 6.45) is 4.29. The fourth-order valence-corrected chi connectivity index (χ4v) is 4.20. The molecule has 1 aliphatic rings. The highest BCUT2D eigenvalue weighted by atomic mass is 16.5. The largest absolute Gasteiger partial charge is 0.457 e. The van der Waals surface area contributed by atoms with Crippen molar-refractivity contribution in [1.29, 1.82) is 0 Å². The quantitative estimate of drug-likeness (QED) is 0.445. The van der Waals surface area contributed by atoms with Crippen molar-refractivity contribution in [1.82, 2.24) is 4.57 Å². The minimum absolute atomic E-state index is 0.0223. The van der Waals surface area contributed by atoms with Gasteiger partial charge < -0.3 is 4.74 Å². The smallest absolute Gasteiger partial charge is 0.266 e. The number of fused-ring (bicyclic) bond motifs is 3. The summed E-state index contributed by atoms with van der Waals surface area (Å²) in [5.41, 5.74) is 4.07. The molecule has 0 atom stereocenters. The molecule has 1 aliphatic carbocycles. The highest BCUT2D eigenvalue weighted by molar-refractivity contribution is 6.05. The SMILES string of the molecule is O=C(c1ccccc1Oc1ccccc1)n1c2c(c3ccccc31)CCCC2. The second-order valence-electron chi connectivity index (χ2n) is 7.20. The van der Waals surface area contributed by atoms with Crippen LogP contribution >= 0.6 is 0 Å². The van der Waals surface area contributed by atoms with E-state index in [0.717, 1.165) is 36.2 Å². The molecule has 0 saturated heterocycles. The number of aromatic nitrogens is 1. The number of para-hydroxylation sites is 3. The van der Waals surface area contributed by atoms with Gasteiger partial charge in [-0.05, 0) is 61.6 Å². The summed E-state index contributed by atoms with van der Waals surface area (Å²) in [5, 5.41) is 1.20. The minimum Gasteiger partial charge on any atom is -0.457 e. The maximum atomic E-state index is 13.7. The van der Waals surface area contributed by atoms with Gasteiger partial charge in [0, 0.05) is 11.1 Å². The van der Waals surface area contributed by atoms with E-state index in [4.69, 9.17) is 4.74 Å². The van der Waals surface area contributed by atoms with Crippen LogP contribution in [0.2, 0.25) is 0 Å². The van der Waals surface area contributed by atoms with Crippen molar-refractivity contribution in [3.8, 4) is 11.5 Å². The number of carbonyl (C=O) groups is 1.